The first kappa shape index (κ1) is 18.2. The van der Waals surface area contributed by atoms with Crippen LogP contribution in [-0.2, 0) is 11.2 Å². The van der Waals surface area contributed by atoms with Gasteiger partial charge in [-0.3, -0.25) is 4.79 Å². The second-order valence-electron chi connectivity index (χ2n) is 6.23. The maximum atomic E-state index is 10.9. The number of carboxylic acids is 1. The molecule has 3 aromatic rings. The normalized spacial score (nSPS) is 10.6. The number of hydrogen-bond acceptors (Lipinski definition) is 7. The smallest absolute Gasteiger partial charge is 0.307 e. The third-order valence-electron chi connectivity index (χ3n) is 3.58. The van der Waals surface area contributed by atoms with Crippen LogP contribution >= 0.6 is 0 Å². The van der Waals surface area contributed by atoms with E-state index in [2.05, 4.69) is 30.6 Å². The van der Waals surface area contributed by atoms with E-state index >= 15 is 0 Å². The molecular formula is C19H20N6O2. The van der Waals surface area contributed by atoms with Crippen LogP contribution in [0.2, 0.25) is 0 Å². The molecule has 0 spiro atoms. The molecule has 0 radical (unpaired) electrons. The van der Waals surface area contributed by atoms with Gasteiger partial charge < -0.3 is 15.7 Å². The van der Waals surface area contributed by atoms with Gasteiger partial charge in [-0.2, -0.15) is 4.98 Å². The quantitative estimate of drug-likeness (QED) is 0.586. The van der Waals surface area contributed by atoms with Crippen molar-refractivity contribution in [2.45, 2.75) is 26.3 Å². The van der Waals surface area contributed by atoms with E-state index in [0.29, 0.717) is 28.8 Å². The lowest BCUT2D eigenvalue weighted by atomic mass is 10.1. The Morgan fingerprint density at radius 3 is 2.78 bits per heavy atom. The Balaban J connectivity index is 1.86. The van der Waals surface area contributed by atoms with Gasteiger partial charge in [0.15, 0.2) is 5.82 Å². The van der Waals surface area contributed by atoms with Crippen LogP contribution < -0.4 is 10.6 Å². The summed E-state index contributed by atoms with van der Waals surface area (Å²) in [5, 5.41) is 15.3. The lowest BCUT2D eigenvalue weighted by molar-refractivity contribution is -0.136. The number of aromatic nitrogens is 4. The monoisotopic (exact) mass is 364 g/mol. The zero-order chi connectivity index (χ0) is 19.2. The summed E-state index contributed by atoms with van der Waals surface area (Å²) in [4.78, 5) is 28.1. The SMILES string of the molecule is CC(C)Nc1ncccc1-c1ncnc(Nc2cccc(CC(=O)O)c2)n1. The molecule has 2 heterocycles. The minimum Gasteiger partial charge on any atom is -0.481 e. The fourth-order valence-corrected chi connectivity index (χ4v) is 2.52. The molecule has 0 amide bonds. The summed E-state index contributed by atoms with van der Waals surface area (Å²) in [6.45, 7) is 4.06. The van der Waals surface area contributed by atoms with Crippen LogP contribution in [0.3, 0.4) is 0 Å². The molecule has 27 heavy (non-hydrogen) atoms. The summed E-state index contributed by atoms with van der Waals surface area (Å²) in [5.74, 6) is 0.682. The van der Waals surface area contributed by atoms with Crippen molar-refractivity contribution in [3.63, 3.8) is 0 Å². The van der Waals surface area contributed by atoms with Crippen molar-refractivity contribution in [3.8, 4) is 11.4 Å². The molecular weight excluding hydrogens is 344 g/mol. The second-order valence-corrected chi connectivity index (χ2v) is 6.23. The van der Waals surface area contributed by atoms with Gasteiger partial charge in [0.1, 0.15) is 12.1 Å². The average molecular weight is 364 g/mol. The van der Waals surface area contributed by atoms with Crippen molar-refractivity contribution in [3.05, 3.63) is 54.5 Å². The molecule has 0 bridgehead atoms. The van der Waals surface area contributed by atoms with Gasteiger partial charge in [-0.1, -0.05) is 12.1 Å². The van der Waals surface area contributed by atoms with Gasteiger partial charge in [0, 0.05) is 17.9 Å². The van der Waals surface area contributed by atoms with Crippen LogP contribution in [0.5, 0.6) is 0 Å². The van der Waals surface area contributed by atoms with E-state index in [1.807, 2.05) is 32.0 Å². The number of nitrogens with one attached hydrogen (secondary N) is 2. The van der Waals surface area contributed by atoms with Gasteiger partial charge in [0.2, 0.25) is 5.95 Å². The molecule has 1 aromatic carbocycles. The van der Waals surface area contributed by atoms with Gasteiger partial charge in [-0.25, -0.2) is 15.0 Å². The summed E-state index contributed by atoms with van der Waals surface area (Å²) < 4.78 is 0. The molecule has 3 N–H and O–H groups in total. The molecule has 0 aliphatic heterocycles. The summed E-state index contributed by atoms with van der Waals surface area (Å²) in [6, 6.07) is 11.1. The number of anilines is 3. The number of hydrogen-bond donors (Lipinski definition) is 3. The Morgan fingerprint density at radius 1 is 1.15 bits per heavy atom. The minimum absolute atomic E-state index is 0.0438. The van der Waals surface area contributed by atoms with Crippen molar-refractivity contribution in [1.82, 2.24) is 19.9 Å². The fraction of sp³-hybridized carbons (Fsp3) is 0.211. The summed E-state index contributed by atoms with van der Waals surface area (Å²) in [7, 11) is 0. The van der Waals surface area contributed by atoms with Gasteiger partial charge in [0.05, 0.1) is 12.0 Å². The maximum Gasteiger partial charge on any atom is 0.307 e. The van der Waals surface area contributed by atoms with Crippen LogP contribution in [0.15, 0.2) is 48.9 Å². The van der Waals surface area contributed by atoms with E-state index < -0.39 is 5.97 Å². The fourth-order valence-electron chi connectivity index (χ4n) is 2.52. The Bertz CT molecular complexity index is 945. The zero-order valence-electron chi connectivity index (χ0n) is 15.0. The first-order chi connectivity index (χ1) is 13.0. The van der Waals surface area contributed by atoms with E-state index in [4.69, 9.17) is 5.11 Å². The Kier molecular flexibility index (Phi) is 5.55. The molecule has 0 saturated carbocycles. The van der Waals surface area contributed by atoms with Crippen molar-refractivity contribution in [2.75, 3.05) is 10.6 Å². The number of benzene rings is 1. The number of nitrogens with zero attached hydrogens (tertiary/aromatic N) is 4. The highest BCUT2D eigenvalue weighted by Crippen LogP contribution is 2.24. The largest absolute Gasteiger partial charge is 0.481 e. The molecule has 0 saturated heterocycles. The lowest BCUT2D eigenvalue weighted by Gasteiger charge is -2.13. The molecule has 0 atom stereocenters. The molecule has 8 nitrogen and oxygen atoms in total. The molecule has 0 unspecified atom stereocenters. The number of carboxylic acid groups (broad SMARTS) is 1. The van der Waals surface area contributed by atoms with E-state index in [0.717, 1.165) is 5.56 Å². The number of aliphatic carboxylic acids is 1. The highest BCUT2D eigenvalue weighted by molar-refractivity contribution is 5.72. The Labute approximate surface area is 156 Å². The van der Waals surface area contributed by atoms with E-state index in [1.165, 1.54) is 6.33 Å². The molecule has 0 aliphatic rings. The Morgan fingerprint density at radius 2 is 2.00 bits per heavy atom. The topological polar surface area (TPSA) is 113 Å². The number of rotatable bonds is 7. The maximum absolute atomic E-state index is 10.9. The number of carbonyl (C=O) groups is 1. The van der Waals surface area contributed by atoms with Gasteiger partial charge >= 0.3 is 5.97 Å². The summed E-state index contributed by atoms with van der Waals surface area (Å²) in [5.41, 5.74) is 2.17. The summed E-state index contributed by atoms with van der Waals surface area (Å²) >= 11 is 0. The van der Waals surface area contributed by atoms with E-state index in [1.54, 1.807) is 24.4 Å². The van der Waals surface area contributed by atoms with Gasteiger partial charge in [-0.15, -0.1) is 0 Å². The van der Waals surface area contributed by atoms with Crippen molar-refractivity contribution in [1.29, 1.82) is 0 Å². The zero-order valence-corrected chi connectivity index (χ0v) is 15.0. The summed E-state index contributed by atoms with van der Waals surface area (Å²) in [6.07, 6.45) is 3.10. The van der Waals surface area contributed by atoms with Crippen molar-refractivity contribution in [2.24, 2.45) is 0 Å². The number of pyridine rings is 1. The molecule has 0 fully saturated rings. The van der Waals surface area contributed by atoms with E-state index in [-0.39, 0.29) is 12.5 Å². The third kappa shape index (κ3) is 4.97. The van der Waals surface area contributed by atoms with E-state index in [9.17, 15) is 4.79 Å². The van der Waals surface area contributed by atoms with Gasteiger partial charge in [-0.05, 0) is 43.7 Å². The molecule has 0 aliphatic carbocycles. The molecule has 2 aromatic heterocycles. The predicted octanol–water partition coefficient (Wildman–Crippen LogP) is 3.12. The first-order valence-corrected chi connectivity index (χ1v) is 8.50. The van der Waals surface area contributed by atoms with Crippen LogP contribution in [0.4, 0.5) is 17.5 Å². The molecule has 138 valence electrons. The predicted molar refractivity (Wildman–Crippen MR) is 103 cm³/mol. The van der Waals surface area contributed by atoms with Crippen LogP contribution in [0, 0.1) is 0 Å². The van der Waals surface area contributed by atoms with Gasteiger partial charge in [0.25, 0.3) is 0 Å². The van der Waals surface area contributed by atoms with Crippen molar-refractivity contribution >= 4 is 23.4 Å². The second kappa shape index (κ2) is 8.22. The van der Waals surface area contributed by atoms with Crippen LogP contribution in [0.25, 0.3) is 11.4 Å². The highest BCUT2D eigenvalue weighted by Gasteiger charge is 2.11. The molecule has 8 heteroatoms. The Hall–Kier alpha value is -3.55. The first-order valence-electron chi connectivity index (χ1n) is 8.50. The third-order valence-corrected chi connectivity index (χ3v) is 3.58. The lowest BCUT2D eigenvalue weighted by Crippen LogP contribution is -2.12. The van der Waals surface area contributed by atoms with Crippen LogP contribution in [-0.4, -0.2) is 37.1 Å². The van der Waals surface area contributed by atoms with Crippen molar-refractivity contribution < 1.29 is 9.90 Å². The highest BCUT2D eigenvalue weighted by atomic mass is 16.4. The van der Waals surface area contributed by atoms with Crippen LogP contribution in [0.1, 0.15) is 19.4 Å². The standard InChI is InChI=1S/C19H20N6O2/c1-12(2)23-17-15(7-4-8-20-17)18-21-11-22-19(25-18)24-14-6-3-5-13(9-14)10-16(26)27/h3-9,11-12H,10H2,1-2H3,(H,20,23)(H,26,27)(H,21,22,24,25). The molecule has 3 rings (SSSR count). The average Bonchev–Trinajstić information content (AvgIpc) is 2.62. The minimum atomic E-state index is -0.878.